The van der Waals surface area contributed by atoms with Crippen LogP contribution in [0.2, 0.25) is 0 Å². The average molecular weight is 319 g/mol. The zero-order valence-electron chi connectivity index (χ0n) is 11.5. The normalized spacial score (nSPS) is 18.0. The molecule has 1 atom stereocenters. The molecule has 2 aromatic rings. The minimum Gasteiger partial charge on any atom is -0.379 e. The summed E-state index contributed by atoms with van der Waals surface area (Å²) in [4.78, 5) is 3.95. The lowest BCUT2D eigenvalue weighted by atomic mass is 10.3. The zero-order valence-corrected chi connectivity index (χ0v) is 12.3. The highest BCUT2D eigenvalue weighted by molar-refractivity contribution is 7.92. The van der Waals surface area contributed by atoms with E-state index in [4.69, 9.17) is 10.00 Å². The number of nitrogens with zero attached hydrogens (tertiary/aromatic N) is 4. The number of nitriles is 1. The minimum absolute atomic E-state index is 0.0607. The first kappa shape index (κ1) is 14.5. The summed E-state index contributed by atoms with van der Waals surface area (Å²) < 4.78 is 33.8. The molecule has 0 radical (unpaired) electrons. The Hall–Kier alpha value is -2.44. The Morgan fingerprint density at radius 2 is 2.27 bits per heavy atom. The summed E-state index contributed by atoms with van der Waals surface area (Å²) in [6, 6.07) is 4.91. The molecule has 0 saturated carbocycles. The van der Waals surface area contributed by atoms with E-state index in [1.807, 2.05) is 6.07 Å². The molecule has 0 bridgehead atoms. The van der Waals surface area contributed by atoms with Crippen LogP contribution in [0.4, 0.5) is 5.82 Å². The highest BCUT2D eigenvalue weighted by atomic mass is 32.2. The Labute approximate surface area is 127 Å². The molecule has 1 N–H and O–H groups in total. The second kappa shape index (κ2) is 5.75. The number of aromatic nitrogens is 3. The van der Waals surface area contributed by atoms with E-state index in [0.29, 0.717) is 18.8 Å². The first-order valence-electron chi connectivity index (χ1n) is 6.59. The molecule has 1 saturated heterocycles. The molecular weight excluding hydrogens is 306 g/mol. The van der Waals surface area contributed by atoms with Crippen LogP contribution in [0, 0.1) is 11.3 Å². The molecule has 114 valence electrons. The quantitative estimate of drug-likeness (QED) is 0.897. The van der Waals surface area contributed by atoms with E-state index in [1.165, 1.54) is 30.7 Å². The van der Waals surface area contributed by atoms with Crippen molar-refractivity contribution >= 4 is 15.8 Å². The van der Waals surface area contributed by atoms with Crippen LogP contribution < -0.4 is 4.72 Å². The number of ether oxygens (including phenoxy) is 1. The Bertz CT molecular complexity index is 801. The van der Waals surface area contributed by atoms with Crippen LogP contribution in [0.3, 0.4) is 0 Å². The van der Waals surface area contributed by atoms with Crippen molar-refractivity contribution in [3.8, 4) is 6.07 Å². The van der Waals surface area contributed by atoms with Gasteiger partial charge < -0.3 is 4.74 Å². The molecule has 0 spiro atoms. The van der Waals surface area contributed by atoms with Gasteiger partial charge in [-0.3, -0.25) is 9.40 Å². The molecule has 0 amide bonds. The van der Waals surface area contributed by atoms with E-state index in [0.717, 1.165) is 6.42 Å². The fraction of sp³-hybridized carbons (Fsp3) is 0.308. The van der Waals surface area contributed by atoms with Gasteiger partial charge in [0, 0.05) is 19.0 Å². The second-order valence-corrected chi connectivity index (χ2v) is 6.51. The molecule has 0 aliphatic carbocycles. The van der Waals surface area contributed by atoms with E-state index in [-0.39, 0.29) is 16.8 Å². The molecule has 2 aromatic heterocycles. The molecule has 0 aromatic carbocycles. The van der Waals surface area contributed by atoms with Gasteiger partial charge in [0.1, 0.15) is 16.8 Å². The van der Waals surface area contributed by atoms with Crippen molar-refractivity contribution in [3.05, 3.63) is 36.3 Å². The van der Waals surface area contributed by atoms with E-state index in [9.17, 15) is 8.42 Å². The average Bonchev–Trinajstić information content (AvgIpc) is 3.19. The number of pyridine rings is 1. The number of nitrogens with one attached hydrogen (secondary N) is 1. The summed E-state index contributed by atoms with van der Waals surface area (Å²) >= 11 is 0. The van der Waals surface area contributed by atoms with Crippen LogP contribution in [0.15, 0.2) is 35.6 Å². The van der Waals surface area contributed by atoms with Crippen molar-refractivity contribution in [2.75, 3.05) is 17.9 Å². The molecule has 3 heterocycles. The van der Waals surface area contributed by atoms with E-state index >= 15 is 0 Å². The van der Waals surface area contributed by atoms with E-state index in [1.54, 1.807) is 4.68 Å². The SMILES string of the molecule is N#Cc1ccc(NS(=O)(=O)c2cnn(C3CCOC3)c2)nc1. The Morgan fingerprint density at radius 3 is 2.91 bits per heavy atom. The van der Waals surface area contributed by atoms with Gasteiger partial charge in [-0.15, -0.1) is 0 Å². The van der Waals surface area contributed by atoms with Gasteiger partial charge in [0.25, 0.3) is 10.0 Å². The van der Waals surface area contributed by atoms with Gasteiger partial charge in [0.2, 0.25) is 0 Å². The predicted molar refractivity (Wildman–Crippen MR) is 76.5 cm³/mol. The van der Waals surface area contributed by atoms with Crippen LogP contribution in [-0.2, 0) is 14.8 Å². The van der Waals surface area contributed by atoms with Crippen molar-refractivity contribution in [2.45, 2.75) is 17.4 Å². The molecule has 1 aliphatic heterocycles. The maximum atomic E-state index is 12.3. The van der Waals surface area contributed by atoms with Gasteiger partial charge in [-0.1, -0.05) is 0 Å². The monoisotopic (exact) mass is 319 g/mol. The molecule has 22 heavy (non-hydrogen) atoms. The summed E-state index contributed by atoms with van der Waals surface area (Å²) in [5.41, 5.74) is 0.358. The van der Waals surface area contributed by atoms with Crippen molar-refractivity contribution in [3.63, 3.8) is 0 Å². The zero-order chi connectivity index (χ0) is 15.6. The number of anilines is 1. The first-order valence-corrected chi connectivity index (χ1v) is 8.08. The lowest BCUT2D eigenvalue weighted by Crippen LogP contribution is -2.14. The number of sulfonamides is 1. The first-order chi connectivity index (χ1) is 10.6. The van der Waals surface area contributed by atoms with Gasteiger partial charge >= 0.3 is 0 Å². The van der Waals surface area contributed by atoms with Crippen molar-refractivity contribution in [1.82, 2.24) is 14.8 Å². The number of hydrogen-bond acceptors (Lipinski definition) is 6. The van der Waals surface area contributed by atoms with E-state index in [2.05, 4.69) is 14.8 Å². The topological polar surface area (TPSA) is 110 Å². The van der Waals surface area contributed by atoms with Crippen LogP contribution in [0.5, 0.6) is 0 Å². The van der Waals surface area contributed by atoms with Crippen molar-refractivity contribution in [1.29, 1.82) is 5.26 Å². The number of hydrogen-bond donors (Lipinski definition) is 1. The largest absolute Gasteiger partial charge is 0.379 e. The molecule has 1 fully saturated rings. The standard InChI is InChI=1S/C13H13N5O3S/c14-5-10-1-2-13(15-6-10)17-22(19,20)12-7-16-18(8-12)11-3-4-21-9-11/h1-2,6-8,11H,3-4,9H2,(H,15,17). The minimum atomic E-state index is -3.76. The lowest BCUT2D eigenvalue weighted by Gasteiger charge is -2.07. The highest BCUT2D eigenvalue weighted by Crippen LogP contribution is 2.20. The molecule has 1 unspecified atom stereocenters. The van der Waals surface area contributed by atoms with Gasteiger partial charge in [-0.05, 0) is 18.6 Å². The number of rotatable bonds is 4. The van der Waals surface area contributed by atoms with Crippen LogP contribution in [-0.4, -0.2) is 36.4 Å². The Balaban J connectivity index is 1.78. The lowest BCUT2D eigenvalue weighted by molar-refractivity contribution is 0.184. The van der Waals surface area contributed by atoms with Crippen molar-refractivity contribution in [2.24, 2.45) is 0 Å². The van der Waals surface area contributed by atoms with Gasteiger partial charge in [-0.25, -0.2) is 13.4 Å². The third-order valence-electron chi connectivity index (χ3n) is 3.30. The molecule has 8 nitrogen and oxygen atoms in total. The van der Waals surface area contributed by atoms with Crippen LogP contribution in [0.25, 0.3) is 0 Å². The summed E-state index contributed by atoms with van der Waals surface area (Å²) in [7, 11) is -3.76. The van der Waals surface area contributed by atoms with Gasteiger partial charge in [-0.2, -0.15) is 10.4 Å². The second-order valence-electron chi connectivity index (χ2n) is 4.82. The Kier molecular flexibility index (Phi) is 3.79. The maximum Gasteiger partial charge on any atom is 0.266 e. The smallest absolute Gasteiger partial charge is 0.266 e. The van der Waals surface area contributed by atoms with E-state index < -0.39 is 10.0 Å². The Morgan fingerprint density at radius 1 is 1.41 bits per heavy atom. The van der Waals surface area contributed by atoms with Crippen molar-refractivity contribution < 1.29 is 13.2 Å². The summed E-state index contributed by atoms with van der Waals surface area (Å²) in [5, 5.41) is 12.8. The molecule has 3 rings (SSSR count). The molecule has 1 aliphatic rings. The molecule has 9 heteroatoms. The maximum absolute atomic E-state index is 12.3. The third-order valence-corrected chi connectivity index (χ3v) is 4.61. The highest BCUT2D eigenvalue weighted by Gasteiger charge is 2.22. The predicted octanol–water partition coefficient (Wildman–Crippen LogP) is 0.912. The fourth-order valence-electron chi connectivity index (χ4n) is 2.11. The van der Waals surface area contributed by atoms with Crippen LogP contribution in [0.1, 0.15) is 18.0 Å². The van der Waals surface area contributed by atoms with Gasteiger partial charge in [0.05, 0.1) is 24.4 Å². The third kappa shape index (κ3) is 2.93. The summed E-state index contributed by atoms with van der Waals surface area (Å²) in [6.07, 6.45) is 4.89. The molecular formula is C13H13N5O3S. The fourth-order valence-corrected chi connectivity index (χ4v) is 3.05. The van der Waals surface area contributed by atoms with Crippen LogP contribution >= 0.6 is 0 Å². The summed E-state index contributed by atoms with van der Waals surface area (Å²) in [6.45, 7) is 1.19. The van der Waals surface area contributed by atoms with Gasteiger partial charge in [0.15, 0.2) is 0 Å². The summed E-state index contributed by atoms with van der Waals surface area (Å²) in [5.74, 6) is 0.149.